The molecule has 128 valence electrons. The van der Waals surface area contributed by atoms with Gasteiger partial charge in [-0.3, -0.25) is 0 Å². The van der Waals surface area contributed by atoms with Crippen LogP contribution in [0.4, 0.5) is 22.0 Å². The molecule has 24 heavy (non-hydrogen) atoms. The highest BCUT2D eigenvalue weighted by atomic mass is 19.4. The predicted molar refractivity (Wildman–Crippen MR) is 74.9 cm³/mol. The number of benzene rings is 1. The van der Waals surface area contributed by atoms with Crippen LogP contribution in [0.15, 0.2) is 30.3 Å². The molecule has 1 aromatic carbocycles. The van der Waals surface area contributed by atoms with Crippen LogP contribution in [0.5, 0.6) is 5.75 Å². The summed E-state index contributed by atoms with van der Waals surface area (Å²) in [5.74, 6) is -2.50. The molecule has 0 saturated heterocycles. The second-order valence-electron chi connectivity index (χ2n) is 5.40. The van der Waals surface area contributed by atoms with E-state index in [1.807, 2.05) is 0 Å². The van der Waals surface area contributed by atoms with Crippen LogP contribution in [0, 0.1) is 5.82 Å². The van der Waals surface area contributed by atoms with Crippen molar-refractivity contribution in [3.05, 3.63) is 47.4 Å². The summed E-state index contributed by atoms with van der Waals surface area (Å²) in [6.45, 7) is -1.81. The third-order valence-electron chi connectivity index (χ3n) is 3.79. The largest absolute Gasteiger partial charge is 0.490 e. The highest BCUT2D eigenvalue weighted by Gasteiger charge is 2.47. The Balaban J connectivity index is 2.18. The monoisotopic (exact) mass is 345 g/mol. The fourth-order valence-electron chi connectivity index (χ4n) is 2.56. The molecule has 0 aliphatic carbocycles. The molecule has 3 nitrogen and oxygen atoms in total. The highest BCUT2D eigenvalue weighted by molar-refractivity contribution is 5.70. The first-order valence-electron chi connectivity index (χ1n) is 7.05. The predicted octanol–water partition coefficient (Wildman–Crippen LogP) is 3.93. The van der Waals surface area contributed by atoms with Gasteiger partial charge in [-0.2, -0.15) is 13.2 Å². The lowest BCUT2D eigenvalue weighted by Gasteiger charge is -2.16. The first-order valence-corrected chi connectivity index (χ1v) is 7.05. The van der Waals surface area contributed by atoms with Crippen LogP contribution in [0.25, 0.3) is 11.3 Å². The highest BCUT2D eigenvalue weighted by Crippen LogP contribution is 2.48. The van der Waals surface area contributed by atoms with Gasteiger partial charge in [-0.05, 0) is 30.3 Å². The lowest BCUT2D eigenvalue weighted by Crippen LogP contribution is -2.22. The summed E-state index contributed by atoms with van der Waals surface area (Å²) in [5, 5.41) is 9.65. The maximum absolute atomic E-state index is 13.2. The van der Waals surface area contributed by atoms with Gasteiger partial charge in [0.25, 0.3) is 0 Å². The number of aromatic nitrogens is 1. The number of rotatable bonds is 3. The Morgan fingerprint density at radius 2 is 1.92 bits per heavy atom. The van der Waals surface area contributed by atoms with Gasteiger partial charge in [0.15, 0.2) is 0 Å². The molecule has 1 aliphatic rings. The van der Waals surface area contributed by atoms with Crippen LogP contribution in [0.3, 0.4) is 0 Å². The van der Waals surface area contributed by atoms with Crippen molar-refractivity contribution in [3.8, 4) is 17.0 Å². The maximum atomic E-state index is 13.2. The van der Waals surface area contributed by atoms with E-state index >= 15 is 0 Å². The quantitative estimate of drug-likeness (QED) is 0.857. The number of nitrogens with zero attached hydrogens (tertiary/aromatic N) is 1. The van der Waals surface area contributed by atoms with E-state index in [9.17, 15) is 27.1 Å². The standard InChI is InChI=1S/C16H12F5NO2/c17-6-13(23)12-5-10-11(16(19,20)21)7-24-15(10)14(22-12)8-1-3-9(18)4-2-8/h1-5,11,13,23H,6-7H2. The van der Waals surface area contributed by atoms with Crippen molar-refractivity contribution in [1.82, 2.24) is 4.98 Å². The number of hydrogen-bond donors (Lipinski definition) is 1. The average Bonchev–Trinajstić information content (AvgIpc) is 2.98. The lowest BCUT2D eigenvalue weighted by molar-refractivity contribution is -0.151. The van der Waals surface area contributed by atoms with Gasteiger partial charge in [0.1, 0.15) is 42.6 Å². The van der Waals surface area contributed by atoms with Gasteiger partial charge in [-0.1, -0.05) is 0 Å². The van der Waals surface area contributed by atoms with E-state index in [2.05, 4.69) is 4.98 Å². The van der Waals surface area contributed by atoms with Crippen molar-refractivity contribution >= 4 is 0 Å². The topological polar surface area (TPSA) is 42.4 Å². The van der Waals surface area contributed by atoms with E-state index < -0.39 is 37.3 Å². The summed E-state index contributed by atoms with van der Waals surface area (Å²) in [5.41, 5.74) is -0.111. The van der Waals surface area contributed by atoms with E-state index in [0.29, 0.717) is 5.56 Å². The Bertz CT molecular complexity index is 745. The van der Waals surface area contributed by atoms with Crippen molar-refractivity contribution in [2.24, 2.45) is 0 Å². The zero-order valence-electron chi connectivity index (χ0n) is 12.1. The molecule has 8 heteroatoms. The third kappa shape index (κ3) is 2.93. The molecule has 0 fully saturated rings. The molecule has 0 amide bonds. The SMILES string of the molecule is OC(CF)c1cc2c(c(-c3ccc(F)cc3)n1)OCC2C(F)(F)F. The van der Waals surface area contributed by atoms with Gasteiger partial charge in [-0.15, -0.1) is 0 Å². The van der Waals surface area contributed by atoms with Gasteiger partial charge >= 0.3 is 6.18 Å². The Hall–Kier alpha value is -2.22. The summed E-state index contributed by atoms with van der Waals surface area (Å²) in [6.07, 6.45) is -6.20. The smallest absolute Gasteiger partial charge is 0.399 e. The number of aliphatic hydroxyl groups excluding tert-OH is 1. The molecule has 1 aliphatic heterocycles. The van der Waals surface area contributed by atoms with Crippen molar-refractivity contribution in [2.45, 2.75) is 18.2 Å². The number of pyridine rings is 1. The molecular formula is C16H12F5NO2. The second kappa shape index (κ2) is 6.01. The summed E-state index contributed by atoms with van der Waals surface area (Å²) >= 11 is 0. The van der Waals surface area contributed by atoms with Crippen molar-refractivity contribution in [3.63, 3.8) is 0 Å². The van der Waals surface area contributed by atoms with Crippen LogP contribution < -0.4 is 4.74 Å². The molecule has 2 heterocycles. The molecule has 2 aromatic rings. The molecule has 2 unspecified atom stereocenters. The molecule has 0 spiro atoms. The Morgan fingerprint density at radius 1 is 1.25 bits per heavy atom. The molecule has 1 N–H and O–H groups in total. The minimum atomic E-state index is -4.55. The number of aliphatic hydroxyl groups is 1. The van der Waals surface area contributed by atoms with E-state index in [1.165, 1.54) is 12.1 Å². The lowest BCUT2D eigenvalue weighted by atomic mass is 9.97. The molecule has 0 saturated carbocycles. The van der Waals surface area contributed by atoms with E-state index in [1.54, 1.807) is 0 Å². The van der Waals surface area contributed by atoms with E-state index in [0.717, 1.165) is 18.2 Å². The van der Waals surface area contributed by atoms with Gasteiger partial charge in [0.05, 0.1) is 5.69 Å². The number of alkyl halides is 4. The average molecular weight is 345 g/mol. The Morgan fingerprint density at radius 3 is 2.50 bits per heavy atom. The number of hydrogen-bond acceptors (Lipinski definition) is 3. The number of fused-ring (bicyclic) bond motifs is 1. The third-order valence-corrected chi connectivity index (χ3v) is 3.79. The van der Waals surface area contributed by atoms with Crippen molar-refractivity contribution < 1.29 is 31.8 Å². The summed E-state index contributed by atoms with van der Waals surface area (Å²) < 4.78 is 70.5. The molecular weight excluding hydrogens is 333 g/mol. The van der Waals surface area contributed by atoms with Gasteiger partial charge in [-0.25, -0.2) is 13.8 Å². The molecule has 0 radical (unpaired) electrons. The summed E-state index contributed by atoms with van der Waals surface area (Å²) in [6, 6.07) is 5.91. The van der Waals surface area contributed by atoms with Crippen LogP contribution in [0.1, 0.15) is 23.3 Å². The van der Waals surface area contributed by atoms with Crippen LogP contribution in [0.2, 0.25) is 0 Å². The summed E-state index contributed by atoms with van der Waals surface area (Å²) in [4.78, 5) is 4.03. The van der Waals surface area contributed by atoms with Gasteiger partial charge < -0.3 is 9.84 Å². The fraction of sp³-hybridized carbons (Fsp3) is 0.312. The minimum absolute atomic E-state index is 0.0155. The molecule has 1 aromatic heterocycles. The minimum Gasteiger partial charge on any atom is -0.490 e. The molecule has 0 bridgehead atoms. The molecule has 3 rings (SSSR count). The van der Waals surface area contributed by atoms with Gasteiger partial charge in [0.2, 0.25) is 0 Å². The maximum Gasteiger partial charge on any atom is 0.399 e. The van der Waals surface area contributed by atoms with Crippen LogP contribution >= 0.6 is 0 Å². The Labute approximate surface area is 133 Å². The zero-order chi connectivity index (χ0) is 17.5. The Kier molecular flexibility index (Phi) is 4.16. The summed E-state index contributed by atoms with van der Waals surface area (Å²) in [7, 11) is 0. The number of ether oxygens (including phenoxy) is 1. The first kappa shape index (κ1) is 16.6. The van der Waals surface area contributed by atoms with Crippen molar-refractivity contribution in [2.75, 3.05) is 13.3 Å². The van der Waals surface area contributed by atoms with Crippen molar-refractivity contribution in [1.29, 1.82) is 0 Å². The number of halogens is 5. The van der Waals surface area contributed by atoms with Crippen LogP contribution in [-0.2, 0) is 0 Å². The van der Waals surface area contributed by atoms with E-state index in [-0.39, 0.29) is 22.7 Å². The zero-order valence-corrected chi connectivity index (χ0v) is 12.1. The normalized spacial score (nSPS) is 18.2. The second-order valence-corrected chi connectivity index (χ2v) is 5.40. The molecule has 2 atom stereocenters. The van der Waals surface area contributed by atoms with Gasteiger partial charge in [0, 0.05) is 11.1 Å². The van der Waals surface area contributed by atoms with Crippen LogP contribution in [-0.4, -0.2) is 29.5 Å². The fourth-order valence-corrected chi connectivity index (χ4v) is 2.56. The van der Waals surface area contributed by atoms with E-state index in [4.69, 9.17) is 4.74 Å². The first-order chi connectivity index (χ1) is 11.3.